The van der Waals surface area contributed by atoms with E-state index in [0.29, 0.717) is 24.3 Å². The van der Waals surface area contributed by atoms with Crippen molar-refractivity contribution in [2.45, 2.75) is 13.8 Å². The van der Waals surface area contributed by atoms with Crippen LogP contribution in [-0.4, -0.2) is 23.9 Å². The van der Waals surface area contributed by atoms with E-state index in [-0.39, 0.29) is 0 Å². The Morgan fingerprint density at radius 1 is 0.917 bits per heavy atom. The first-order chi connectivity index (χ1) is 11.7. The second-order valence-corrected chi connectivity index (χ2v) is 5.87. The van der Waals surface area contributed by atoms with Crippen molar-refractivity contribution in [1.82, 2.24) is 10.2 Å². The van der Waals surface area contributed by atoms with E-state index in [1.807, 2.05) is 48.5 Å². The molecule has 0 N–H and O–H groups in total. The predicted octanol–water partition coefficient (Wildman–Crippen LogP) is 4.45. The molecule has 0 bridgehead atoms. The van der Waals surface area contributed by atoms with Crippen molar-refractivity contribution >= 4 is 0 Å². The largest absolute Gasteiger partial charge is 0.497 e. The molecule has 0 spiro atoms. The van der Waals surface area contributed by atoms with Crippen molar-refractivity contribution in [3.63, 3.8) is 0 Å². The van der Waals surface area contributed by atoms with Gasteiger partial charge < -0.3 is 13.9 Å². The zero-order valence-corrected chi connectivity index (χ0v) is 14.0. The van der Waals surface area contributed by atoms with Gasteiger partial charge in [0.1, 0.15) is 11.5 Å². The Balaban J connectivity index is 1.77. The topological polar surface area (TPSA) is 57.4 Å². The lowest BCUT2D eigenvalue weighted by Gasteiger charge is -2.08. The Bertz CT molecular complexity index is 794. The number of benzene rings is 2. The maximum absolute atomic E-state index is 5.77. The molecule has 0 unspecified atom stereocenters. The summed E-state index contributed by atoms with van der Waals surface area (Å²) >= 11 is 0. The van der Waals surface area contributed by atoms with Gasteiger partial charge in [-0.05, 0) is 48.4 Å². The number of methoxy groups -OCH3 is 1. The fraction of sp³-hybridized carbons (Fsp3) is 0.263. The van der Waals surface area contributed by atoms with Crippen molar-refractivity contribution in [1.29, 1.82) is 0 Å². The Morgan fingerprint density at radius 3 is 2.29 bits per heavy atom. The quantitative estimate of drug-likeness (QED) is 0.670. The van der Waals surface area contributed by atoms with Gasteiger partial charge in [0.2, 0.25) is 11.8 Å². The van der Waals surface area contributed by atoms with Crippen LogP contribution in [0.3, 0.4) is 0 Å². The molecule has 1 heterocycles. The number of hydrogen-bond donors (Lipinski definition) is 0. The number of hydrogen-bond acceptors (Lipinski definition) is 5. The molecule has 0 aliphatic heterocycles. The van der Waals surface area contributed by atoms with E-state index in [2.05, 4.69) is 24.0 Å². The van der Waals surface area contributed by atoms with Crippen LogP contribution in [0, 0.1) is 5.92 Å². The van der Waals surface area contributed by atoms with E-state index < -0.39 is 0 Å². The lowest BCUT2D eigenvalue weighted by Crippen LogP contribution is -2.04. The van der Waals surface area contributed by atoms with Crippen LogP contribution in [0.1, 0.15) is 13.8 Å². The minimum Gasteiger partial charge on any atom is -0.497 e. The van der Waals surface area contributed by atoms with E-state index >= 15 is 0 Å². The third-order valence-electron chi connectivity index (χ3n) is 3.43. The molecule has 0 amide bonds. The molecule has 0 aliphatic rings. The number of ether oxygens (including phenoxy) is 2. The Kier molecular flexibility index (Phi) is 4.79. The zero-order chi connectivity index (χ0) is 16.9. The van der Waals surface area contributed by atoms with E-state index in [0.717, 1.165) is 22.6 Å². The molecule has 24 heavy (non-hydrogen) atoms. The smallest absolute Gasteiger partial charge is 0.248 e. The van der Waals surface area contributed by atoms with Crippen molar-refractivity contribution in [3.05, 3.63) is 48.5 Å². The number of aromatic nitrogens is 2. The Labute approximate surface area is 141 Å². The van der Waals surface area contributed by atoms with E-state index in [4.69, 9.17) is 13.9 Å². The molecule has 0 aliphatic carbocycles. The van der Waals surface area contributed by atoms with Gasteiger partial charge in [-0.25, -0.2) is 0 Å². The monoisotopic (exact) mass is 324 g/mol. The minimum absolute atomic E-state index is 0.462. The molecule has 5 heteroatoms. The van der Waals surface area contributed by atoms with Crippen molar-refractivity contribution in [3.8, 4) is 34.4 Å². The molecule has 0 saturated carbocycles. The SMILES string of the molecule is COc1cccc(-c2nnc(-c3ccc(OCC(C)C)cc3)o2)c1. The Morgan fingerprint density at radius 2 is 1.62 bits per heavy atom. The molecule has 3 aromatic rings. The summed E-state index contributed by atoms with van der Waals surface area (Å²) < 4.78 is 16.7. The average molecular weight is 324 g/mol. The molecule has 0 fully saturated rings. The molecule has 1 aromatic heterocycles. The fourth-order valence-electron chi connectivity index (χ4n) is 2.17. The highest BCUT2D eigenvalue weighted by Crippen LogP contribution is 2.27. The van der Waals surface area contributed by atoms with Crippen molar-refractivity contribution in [2.24, 2.45) is 5.92 Å². The molecule has 0 saturated heterocycles. The first-order valence-corrected chi connectivity index (χ1v) is 7.87. The van der Waals surface area contributed by atoms with Gasteiger partial charge in [0.15, 0.2) is 0 Å². The molecule has 5 nitrogen and oxygen atoms in total. The second-order valence-electron chi connectivity index (χ2n) is 5.87. The highest BCUT2D eigenvalue weighted by molar-refractivity contribution is 5.59. The first-order valence-electron chi connectivity index (χ1n) is 7.87. The first kappa shape index (κ1) is 16.1. The summed E-state index contributed by atoms with van der Waals surface area (Å²) in [4.78, 5) is 0. The average Bonchev–Trinajstić information content (AvgIpc) is 3.10. The van der Waals surface area contributed by atoms with Crippen LogP contribution in [0.2, 0.25) is 0 Å². The van der Waals surface area contributed by atoms with Gasteiger partial charge in [-0.15, -0.1) is 10.2 Å². The lowest BCUT2D eigenvalue weighted by atomic mass is 10.2. The van der Waals surface area contributed by atoms with Crippen LogP contribution < -0.4 is 9.47 Å². The number of nitrogens with zero attached hydrogens (tertiary/aromatic N) is 2. The third-order valence-corrected chi connectivity index (χ3v) is 3.43. The van der Waals surface area contributed by atoms with Crippen LogP contribution in [0.25, 0.3) is 22.9 Å². The van der Waals surface area contributed by atoms with Crippen molar-refractivity contribution < 1.29 is 13.9 Å². The summed E-state index contributed by atoms with van der Waals surface area (Å²) in [6.45, 7) is 4.93. The Hall–Kier alpha value is -2.82. The predicted molar refractivity (Wildman–Crippen MR) is 92.1 cm³/mol. The minimum atomic E-state index is 0.462. The highest BCUT2D eigenvalue weighted by atomic mass is 16.5. The molecule has 2 aromatic carbocycles. The number of rotatable bonds is 6. The summed E-state index contributed by atoms with van der Waals surface area (Å²) in [5.74, 6) is 3.01. The van der Waals surface area contributed by atoms with Crippen LogP contribution in [0.15, 0.2) is 52.9 Å². The summed E-state index contributed by atoms with van der Waals surface area (Å²) in [6.07, 6.45) is 0. The maximum atomic E-state index is 5.77. The maximum Gasteiger partial charge on any atom is 0.248 e. The second kappa shape index (κ2) is 7.17. The molecule has 0 radical (unpaired) electrons. The van der Waals surface area contributed by atoms with Gasteiger partial charge in [-0.3, -0.25) is 0 Å². The normalized spacial score (nSPS) is 10.8. The highest BCUT2D eigenvalue weighted by Gasteiger charge is 2.11. The van der Waals surface area contributed by atoms with Gasteiger partial charge in [0.25, 0.3) is 0 Å². The van der Waals surface area contributed by atoms with Crippen LogP contribution >= 0.6 is 0 Å². The third kappa shape index (κ3) is 3.74. The van der Waals surface area contributed by atoms with Crippen LogP contribution in [-0.2, 0) is 0 Å². The van der Waals surface area contributed by atoms with Gasteiger partial charge in [0, 0.05) is 11.1 Å². The summed E-state index contributed by atoms with van der Waals surface area (Å²) in [5, 5.41) is 8.24. The standard InChI is InChI=1S/C19H20N2O3/c1-13(2)12-23-16-9-7-14(8-10-16)18-20-21-19(24-18)15-5-4-6-17(11-15)22-3/h4-11,13H,12H2,1-3H3. The molecule has 0 atom stereocenters. The zero-order valence-electron chi connectivity index (χ0n) is 14.0. The van der Waals surface area contributed by atoms with Crippen LogP contribution in [0.4, 0.5) is 0 Å². The van der Waals surface area contributed by atoms with E-state index in [1.54, 1.807) is 7.11 Å². The molecular weight excluding hydrogens is 304 g/mol. The van der Waals surface area contributed by atoms with E-state index in [1.165, 1.54) is 0 Å². The van der Waals surface area contributed by atoms with Gasteiger partial charge in [-0.1, -0.05) is 19.9 Å². The molecule has 124 valence electrons. The van der Waals surface area contributed by atoms with E-state index in [9.17, 15) is 0 Å². The van der Waals surface area contributed by atoms with Crippen molar-refractivity contribution in [2.75, 3.05) is 13.7 Å². The molecule has 3 rings (SSSR count). The van der Waals surface area contributed by atoms with Crippen LogP contribution in [0.5, 0.6) is 11.5 Å². The molecular formula is C19H20N2O3. The van der Waals surface area contributed by atoms with Gasteiger partial charge >= 0.3 is 0 Å². The summed E-state index contributed by atoms with van der Waals surface area (Å²) in [5.41, 5.74) is 1.68. The fourth-order valence-corrected chi connectivity index (χ4v) is 2.17. The van der Waals surface area contributed by atoms with Gasteiger partial charge in [0.05, 0.1) is 13.7 Å². The van der Waals surface area contributed by atoms with Gasteiger partial charge in [-0.2, -0.15) is 0 Å². The lowest BCUT2D eigenvalue weighted by molar-refractivity contribution is 0.271. The summed E-state index contributed by atoms with van der Waals surface area (Å²) in [7, 11) is 1.63. The summed E-state index contributed by atoms with van der Waals surface area (Å²) in [6, 6.07) is 15.2.